The van der Waals surface area contributed by atoms with E-state index in [4.69, 9.17) is 0 Å². The van der Waals surface area contributed by atoms with Gasteiger partial charge < -0.3 is 19.8 Å². The van der Waals surface area contributed by atoms with Gasteiger partial charge in [-0.15, -0.1) is 0 Å². The zero-order valence-corrected chi connectivity index (χ0v) is 20.4. The number of pyridine rings is 1. The van der Waals surface area contributed by atoms with Crippen molar-refractivity contribution in [3.63, 3.8) is 0 Å². The van der Waals surface area contributed by atoms with Crippen LogP contribution in [0.3, 0.4) is 0 Å². The number of carbonyl (C=O) groups excluding carboxylic acids is 1. The number of fused-ring (bicyclic) bond motifs is 2. The van der Waals surface area contributed by atoms with Crippen molar-refractivity contribution in [2.24, 2.45) is 0 Å². The van der Waals surface area contributed by atoms with Crippen LogP contribution in [0.4, 0.5) is 15.9 Å². The van der Waals surface area contributed by atoms with E-state index >= 15 is 0 Å². The van der Waals surface area contributed by atoms with Crippen LogP contribution in [0.5, 0.6) is 0 Å². The van der Waals surface area contributed by atoms with Crippen LogP contribution in [0, 0.1) is 5.82 Å². The van der Waals surface area contributed by atoms with Crippen LogP contribution >= 0.6 is 0 Å². The minimum atomic E-state index is -0.343. The van der Waals surface area contributed by atoms with E-state index in [2.05, 4.69) is 46.7 Å². The molecule has 9 nitrogen and oxygen atoms in total. The summed E-state index contributed by atoms with van der Waals surface area (Å²) in [5, 5.41) is 2.85. The molecular formula is C27H27FN8O. The topological polar surface area (TPSA) is 95.0 Å². The fourth-order valence-corrected chi connectivity index (χ4v) is 5.44. The molecule has 2 atom stereocenters. The standard InChI is InChI=1S/C27H27FN8O/c1-34-20-10-21(34)14-35(13-20)19-8-9-23(29-11-19)33-27(37)22-12-30-26(32-22)25-24(16-2-4-17(28)5-3-16)31-15-36(25)18-6-7-18/h2-5,8-9,11-12,15,18,20-21H,6-7,10,13-14H2,1H3,(H,30,32)(H,29,33,37). The highest BCUT2D eigenvalue weighted by molar-refractivity contribution is 6.02. The van der Waals surface area contributed by atoms with E-state index in [0.29, 0.717) is 35.5 Å². The van der Waals surface area contributed by atoms with Crippen molar-refractivity contribution in [1.29, 1.82) is 0 Å². The normalized spacial score (nSPS) is 21.1. The molecule has 3 aliphatic heterocycles. The molecule has 188 valence electrons. The third-order valence-corrected chi connectivity index (χ3v) is 7.80. The summed E-state index contributed by atoms with van der Waals surface area (Å²) in [4.78, 5) is 34.6. The number of aromatic amines is 1. The number of imidazole rings is 2. The number of likely N-dealkylation sites (N-methyl/N-ethyl adjacent to an activating group) is 1. The molecular weight excluding hydrogens is 471 g/mol. The summed E-state index contributed by atoms with van der Waals surface area (Å²) in [7, 11) is 2.19. The number of halogens is 1. The fourth-order valence-electron chi connectivity index (χ4n) is 5.44. The number of carbonyl (C=O) groups is 1. The Bertz CT molecular complexity index is 1440. The van der Waals surface area contributed by atoms with Crippen molar-refractivity contribution >= 4 is 17.4 Å². The highest BCUT2D eigenvalue weighted by Gasteiger charge is 2.42. The predicted molar refractivity (Wildman–Crippen MR) is 138 cm³/mol. The van der Waals surface area contributed by atoms with Crippen molar-refractivity contribution in [3.8, 4) is 22.8 Å². The quantitative estimate of drug-likeness (QED) is 0.418. The summed E-state index contributed by atoms with van der Waals surface area (Å²) < 4.78 is 15.6. The van der Waals surface area contributed by atoms with E-state index in [1.165, 1.54) is 18.6 Å². The SMILES string of the molecule is CN1C2CC1CN(c1ccc(NC(=O)c3c[nH]c(-c4c(-c5ccc(F)cc5)ncn4C4CC4)n3)nc1)C2. The maximum Gasteiger partial charge on any atom is 0.277 e. The molecule has 2 bridgehead atoms. The lowest BCUT2D eigenvalue weighted by Crippen LogP contribution is -2.67. The zero-order chi connectivity index (χ0) is 25.1. The van der Waals surface area contributed by atoms with Crippen LogP contribution in [0.25, 0.3) is 22.8 Å². The number of anilines is 2. The molecule has 6 heterocycles. The van der Waals surface area contributed by atoms with Gasteiger partial charge in [-0.2, -0.15) is 0 Å². The van der Waals surface area contributed by atoms with Crippen LogP contribution < -0.4 is 10.2 Å². The molecule has 4 aromatic rings. The predicted octanol–water partition coefficient (Wildman–Crippen LogP) is 3.95. The molecule has 3 aromatic heterocycles. The Morgan fingerprint density at radius 2 is 1.84 bits per heavy atom. The molecule has 1 amide bonds. The van der Waals surface area contributed by atoms with Crippen LogP contribution in [0.15, 0.2) is 55.1 Å². The van der Waals surface area contributed by atoms with Crippen molar-refractivity contribution in [1.82, 2.24) is 29.4 Å². The van der Waals surface area contributed by atoms with E-state index in [1.54, 1.807) is 24.7 Å². The maximum atomic E-state index is 13.5. The van der Waals surface area contributed by atoms with Crippen molar-refractivity contribution in [3.05, 3.63) is 66.6 Å². The lowest BCUT2D eigenvalue weighted by Gasteiger charge is -2.55. The molecule has 2 unspecified atom stereocenters. The Morgan fingerprint density at radius 3 is 2.51 bits per heavy atom. The van der Waals surface area contributed by atoms with Gasteiger partial charge in [0.2, 0.25) is 0 Å². The average molecular weight is 499 g/mol. The van der Waals surface area contributed by atoms with E-state index in [-0.39, 0.29) is 17.4 Å². The summed E-state index contributed by atoms with van der Waals surface area (Å²) in [5.41, 5.74) is 3.62. The third kappa shape index (κ3) is 3.97. The number of H-pyrrole nitrogens is 1. The Hall–Kier alpha value is -4.05. The Labute approximate surface area is 213 Å². The van der Waals surface area contributed by atoms with Crippen molar-refractivity contribution in [2.45, 2.75) is 37.4 Å². The van der Waals surface area contributed by atoms with E-state index < -0.39 is 0 Å². The number of piperidine rings is 1. The largest absolute Gasteiger partial charge is 0.367 e. The third-order valence-electron chi connectivity index (χ3n) is 7.80. The molecule has 1 saturated carbocycles. The molecule has 4 fully saturated rings. The highest BCUT2D eigenvalue weighted by Crippen LogP contribution is 2.41. The Kier molecular flexibility index (Phi) is 5.10. The van der Waals surface area contributed by atoms with Gasteiger partial charge in [0.05, 0.1) is 23.9 Å². The number of hydrogen-bond donors (Lipinski definition) is 2. The first-order chi connectivity index (χ1) is 18.0. The van der Waals surface area contributed by atoms with Crippen molar-refractivity contribution in [2.75, 3.05) is 30.4 Å². The Morgan fingerprint density at radius 1 is 1.05 bits per heavy atom. The molecule has 37 heavy (non-hydrogen) atoms. The second kappa shape index (κ2) is 8.52. The molecule has 0 spiro atoms. The fraction of sp³-hybridized carbons (Fsp3) is 0.333. The number of piperazine rings is 1. The van der Waals surface area contributed by atoms with Crippen LogP contribution in [0.2, 0.25) is 0 Å². The summed E-state index contributed by atoms with van der Waals surface area (Å²) in [6.07, 6.45) is 8.61. The first kappa shape index (κ1) is 22.2. The van der Waals surface area contributed by atoms with Gasteiger partial charge >= 0.3 is 0 Å². The first-order valence-electron chi connectivity index (χ1n) is 12.7. The van der Waals surface area contributed by atoms with Crippen LogP contribution in [-0.4, -0.2) is 67.5 Å². The van der Waals surface area contributed by atoms with Gasteiger partial charge in [0.25, 0.3) is 5.91 Å². The lowest BCUT2D eigenvalue weighted by molar-refractivity contribution is 0.0264. The molecule has 2 N–H and O–H groups in total. The summed E-state index contributed by atoms with van der Waals surface area (Å²) in [6.45, 7) is 2.02. The minimum absolute atomic E-state index is 0.258. The summed E-state index contributed by atoms with van der Waals surface area (Å²) >= 11 is 0. The molecule has 3 saturated heterocycles. The van der Waals surface area contributed by atoms with E-state index in [9.17, 15) is 9.18 Å². The molecule has 8 rings (SSSR count). The second-order valence-corrected chi connectivity index (χ2v) is 10.2. The zero-order valence-electron chi connectivity index (χ0n) is 20.4. The van der Waals surface area contributed by atoms with E-state index in [1.807, 2.05) is 18.3 Å². The number of rotatable bonds is 6. The number of amides is 1. The number of benzene rings is 1. The summed E-state index contributed by atoms with van der Waals surface area (Å²) in [5.74, 6) is 0.383. The minimum Gasteiger partial charge on any atom is -0.367 e. The van der Waals surface area contributed by atoms with Gasteiger partial charge in [-0.05, 0) is 62.7 Å². The molecule has 1 aromatic carbocycles. The number of nitrogens with zero attached hydrogens (tertiary/aromatic N) is 6. The molecule has 1 aliphatic carbocycles. The van der Waals surface area contributed by atoms with Gasteiger partial charge in [0.15, 0.2) is 5.82 Å². The van der Waals surface area contributed by atoms with E-state index in [0.717, 1.165) is 42.9 Å². The van der Waals surface area contributed by atoms with Gasteiger partial charge in [-0.3, -0.25) is 9.69 Å². The smallest absolute Gasteiger partial charge is 0.277 e. The average Bonchev–Trinajstić information content (AvgIpc) is 3.48. The monoisotopic (exact) mass is 498 g/mol. The number of nitrogens with one attached hydrogen (secondary N) is 2. The van der Waals surface area contributed by atoms with Gasteiger partial charge in [-0.25, -0.2) is 19.3 Å². The van der Waals surface area contributed by atoms with Gasteiger partial charge in [0, 0.05) is 43.0 Å². The highest BCUT2D eigenvalue weighted by atomic mass is 19.1. The first-order valence-corrected chi connectivity index (χ1v) is 12.7. The number of hydrogen-bond acceptors (Lipinski definition) is 6. The second-order valence-electron chi connectivity index (χ2n) is 10.2. The Balaban J connectivity index is 1.09. The van der Waals surface area contributed by atoms with Gasteiger partial charge in [0.1, 0.15) is 23.0 Å². The van der Waals surface area contributed by atoms with Crippen molar-refractivity contribution < 1.29 is 9.18 Å². The van der Waals surface area contributed by atoms with Gasteiger partial charge in [-0.1, -0.05) is 0 Å². The summed E-state index contributed by atoms with van der Waals surface area (Å²) in [6, 6.07) is 11.7. The molecule has 0 radical (unpaired) electrons. The lowest BCUT2D eigenvalue weighted by atomic mass is 9.88. The molecule has 10 heteroatoms. The maximum absolute atomic E-state index is 13.5. The van der Waals surface area contributed by atoms with Crippen LogP contribution in [-0.2, 0) is 0 Å². The number of aromatic nitrogens is 5. The van der Waals surface area contributed by atoms with Crippen LogP contribution in [0.1, 0.15) is 35.8 Å². The molecule has 4 aliphatic rings.